The highest BCUT2D eigenvalue weighted by Gasteiger charge is 2.03. The quantitative estimate of drug-likeness (QED) is 0.773. The Morgan fingerprint density at radius 1 is 1.50 bits per heavy atom. The molecule has 0 amide bonds. The van der Waals surface area contributed by atoms with Crippen molar-refractivity contribution in [2.75, 3.05) is 12.4 Å². The van der Waals surface area contributed by atoms with Gasteiger partial charge in [0, 0.05) is 19.5 Å². The molecule has 0 saturated carbocycles. The zero-order chi connectivity index (χ0) is 8.97. The van der Waals surface area contributed by atoms with E-state index in [9.17, 15) is 0 Å². The summed E-state index contributed by atoms with van der Waals surface area (Å²) in [4.78, 5) is 0. The van der Waals surface area contributed by atoms with Crippen molar-refractivity contribution in [2.45, 2.75) is 13.3 Å². The molecule has 12 heavy (non-hydrogen) atoms. The lowest BCUT2D eigenvalue weighted by Gasteiger charge is -2.07. The third-order valence-corrected chi connectivity index (χ3v) is 2.04. The fourth-order valence-electron chi connectivity index (χ4n) is 1.19. The van der Waals surface area contributed by atoms with Gasteiger partial charge in [-0.1, -0.05) is 19.1 Å². The van der Waals surface area contributed by atoms with Crippen LogP contribution in [0.15, 0.2) is 22.6 Å². The zero-order valence-electron chi connectivity index (χ0n) is 7.29. The van der Waals surface area contributed by atoms with Gasteiger partial charge in [-0.25, -0.2) is 0 Å². The Bertz CT molecular complexity index is 262. The maximum absolute atomic E-state index is 4.71. The van der Waals surface area contributed by atoms with Crippen LogP contribution in [0.2, 0.25) is 0 Å². The molecule has 1 N–H and O–H groups in total. The standard InChI is InChI=1S/C9H12N2S/c1-3-7-5-4-6-8(10-2)9(7)11-12/h4-6,10H,3H2,1-2H3. The molecule has 2 nitrogen and oxygen atoms in total. The average Bonchev–Trinajstić information content (AvgIpc) is 2.16. The van der Waals surface area contributed by atoms with Crippen molar-refractivity contribution >= 4 is 23.8 Å². The molecule has 3 heteroatoms. The molecule has 0 fully saturated rings. The number of hydrogen-bond acceptors (Lipinski definition) is 3. The maximum Gasteiger partial charge on any atom is 0.103 e. The molecule has 1 rings (SSSR count). The van der Waals surface area contributed by atoms with Gasteiger partial charge in [-0.2, -0.15) is 4.36 Å². The van der Waals surface area contributed by atoms with Gasteiger partial charge in [0.1, 0.15) is 5.69 Å². The molecule has 1 aromatic carbocycles. The monoisotopic (exact) mass is 180 g/mol. The van der Waals surface area contributed by atoms with Crippen LogP contribution in [0.3, 0.4) is 0 Å². The largest absolute Gasteiger partial charge is 0.386 e. The van der Waals surface area contributed by atoms with E-state index in [4.69, 9.17) is 12.4 Å². The Kier molecular flexibility index (Phi) is 3.17. The molecule has 0 atom stereocenters. The summed E-state index contributed by atoms with van der Waals surface area (Å²) in [7, 11) is 1.87. The number of aryl methyl sites for hydroxylation is 1. The molecule has 0 heterocycles. The van der Waals surface area contributed by atoms with Crippen molar-refractivity contribution in [3.63, 3.8) is 0 Å². The smallest absolute Gasteiger partial charge is 0.103 e. The highest BCUT2D eigenvalue weighted by molar-refractivity contribution is 7.47. The van der Waals surface area contributed by atoms with E-state index < -0.39 is 0 Å². The van der Waals surface area contributed by atoms with Crippen LogP contribution in [-0.2, 0) is 18.8 Å². The van der Waals surface area contributed by atoms with E-state index >= 15 is 0 Å². The van der Waals surface area contributed by atoms with Gasteiger partial charge >= 0.3 is 0 Å². The van der Waals surface area contributed by atoms with Gasteiger partial charge in [0.25, 0.3) is 0 Å². The summed E-state index contributed by atoms with van der Waals surface area (Å²) >= 11 is 4.71. The van der Waals surface area contributed by atoms with Gasteiger partial charge < -0.3 is 5.32 Å². The van der Waals surface area contributed by atoms with Gasteiger partial charge in [-0.15, -0.1) is 0 Å². The van der Waals surface area contributed by atoms with Crippen LogP contribution < -0.4 is 5.32 Å². The molecule has 0 bridgehead atoms. The number of benzene rings is 1. The maximum atomic E-state index is 4.71. The van der Waals surface area contributed by atoms with E-state index in [-0.39, 0.29) is 0 Å². The summed E-state index contributed by atoms with van der Waals surface area (Å²) in [5.41, 5.74) is 3.10. The van der Waals surface area contributed by atoms with Crippen molar-refractivity contribution in [1.29, 1.82) is 0 Å². The molecule has 0 unspecified atom stereocenters. The van der Waals surface area contributed by atoms with Gasteiger partial charge in [0.2, 0.25) is 0 Å². The topological polar surface area (TPSA) is 24.4 Å². The second kappa shape index (κ2) is 4.16. The molecule has 0 aromatic heterocycles. The Labute approximate surface area is 78.2 Å². The summed E-state index contributed by atoms with van der Waals surface area (Å²) in [5.74, 6) is 0. The highest BCUT2D eigenvalue weighted by Crippen LogP contribution is 2.28. The van der Waals surface area contributed by atoms with Gasteiger partial charge in [0.15, 0.2) is 0 Å². The van der Waals surface area contributed by atoms with Gasteiger partial charge in [-0.05, 0) is 18.1 Å². The Morgan fingerprint density at radius 2 is 2.25 bits per heavy atom. The van der Waals surface area contributed by atoms with Crippen LogP contribution in [0.4, 0.5) is 11.4 Å². The second-order valence-electron chi connectivity index (χ2n) is 2.51. The summed E-state index contributed by atoms with van der Waals surface area (Å²) in [6.07, 6.45) is 0.963. The van der Waals surface area contributed by atoms with E-state index in [0.717, 1.165) is 17.8 Å². The minimum atomic E-state index is 0.900. The summed E-state index contributed by atoms with van der Waals surface area (Å²) in [6.45, 7) is 2.10. The van der Waals surface area contributed by atoms with Crippen LogP contribution in [0.1, 0.15) is 12.5 Å². The molecule has 0 aliphatic rings. The summed E-state index contributed by atoms with van der Waals surface area (Å²) in [6, 6.07) is 6.03. The fraction of sp³-hybridized carbons (Fsp3) is 0.333. The summed E-state index contributed by atoms with van der Waals surface area (Å²) < 4.78 is 3.83. The highest BCUT2D eigenvalue weighted by atomic mass is 32.1. The number of hydrogen-bond donors (Lipinski definition) is 1. The molecule has 64 valence electrons. The van der Waals surface area contributed by atoms with E-state index in [1.54, 1.807) is 0 Å². The molecular formula is C9H12N2S. The molecule has 0 spiro atoms. The van der Waals surface area contributed by atoms with Crippen LogP contribution in [-0.4, -0.2) is 7.05 Å². The molecule has 1 aromatic rings. The third-order valence-electron chi connectivity index (χ3n) is 1.86. The molecule has 0 radical (unpaired) electrons. The van der Waals surface area contributed by atoms with Gasteiger partial charge in [-0.3, -0.25) is 0 Å². The lowest BCUT2D eigenvalue weighted by Crippen LogP contribution is -1.90. The van der Waals surface area contributed by atoms with Crippen LogP contribution in [0, 0.1) is 0 Å². The third kappa shape index (κ3) is 1.61. The normalized spacial score (nSPS) is 9.50. The van der Waals surface area contributed by atoms with Crippen molar-refractivity contribution < 1.29 is 0 Å². The Morgan fingerprint density at radius 3 is 2.75 bits per heavy atom. The van der Waals surface area contributed by atoms with E-state index in [0.29, 0.717) is 0 Å². The fourth-order valence-corrected chi connectivity index (χ4v) is 1.40. The first-order valence-electron chi connectivity index (χ1n) is 3.96. The van der Waals surface area contributed by atoms with E-state index in [1.807, 2.05) is 25.2 Å². The zero-order valence-corrected chi connectivity index (χ0v) is 8.11. The Hall–Kier alpha value is -0.960. The predicted molar refractivity (Wildman–Crippen MR) is 54.8 cm³/mol. The van der Waals surface area contributed by atoms with Crippen molar-refractivity contribution in [2.24, 2.45) is 4.36 Å². The number of nitrogens with one attached hydrogen (secondary N) is 1. The lowest BCUT2D eigenvalue weighted by atomic mass is 10.1. The average molecular weight is 180 g/mol. The first kappa shape index (κ1) is 9.13. The predicted octanol–water partition coefficient (Wildman–Crippen LogP) is 2.65. The van der Waals surface area contributed by atoms with Crippen LogP contribution >= 0.6 is 0 Å². The second-order valence-corrected chi connectivity index (χ2v) is 2.69. The molecular weight excluding hydrogens is 168 g/mol. The Balaban J connectivity index is 3.21. The SMILES string of the molecule is CCc1cccc(NC)c1N=S. The minimum absolute atomic E-state index is 0.900. The lowest BCUT2D eigenvalue weighted by molar-refractivity contribution is 1.14. The van der Waals surface area contributed by atoms with Crippen LogP contribution in [0.25, 0.3) is 0 Å². The van der Waals surface area contributed by atoms with Crippen molar-refractivity contribution in [3.8, 4) is 0 Å². The number of anilines is 1. The van der Waals surface area contributed by atoms with Crippen molar-refractivity contribution in [1.82, 2.24) is 0 Å². The van der Waals surface area contributed by atoms with E-state index in [1.165, 1.54) is 5.56 Å². The number of nitrogens with zero attached hydrogens (tertiary/aromatic N) is 1. The van der Waals surface area contributed by atoms with Crippen molar-refractivity contribution in [3.05, 3.63) is 23.8 Å². The van der Waals surface area contributed by atoms with Crippen LogP contribution in [0.5, 0.6) is 0 Å². The molecule has 0 aliphatic carbocycles. The first-order valence-corrected chi connectivity index (χ1v) is 4.33. The summed E-state index contributed by atoms with van der Waals surface area (Å²) in [5, 5.41) is 3.06. The number of rotatable bonds is 3. The molecule has 0 aliphatic heterocycles. The van der Waals surface area contributed by atoms with Gasteiger partial charge in [0.05, 0.1) is 5.69 Å². The molecule has 0 saturated heterocycles. The van der Waals surface area contributed by atoms with E-state index in [2.05, 4.69) is 16.6 Å². The minimum Gasteiger partial charge on any atom is -0.386 e. The first-order chi connectivity index (χ1) is 5.83.